The number of nitro groups is 1. The van der Waals surface area contributed by atoms with Crippen LogP contribution in [0.1, 0.15) is 23.2 Å². The molecule has 1 aliphatic rings. The number of methoxy groups -OCH3 is 1. The minimum Gasteiger partial charge on any atom is -0.496 e. The van der Waals surface area contributed by atoms with Crippen molar-refractivity contribution in [2.75, 3.05) is 7.11 Å². The molecule has 1 saturated carbocycles. The quantitative estimate of drug-likeness (QED) is 0.601. The van der Waals surface area contributed by atoms with Crippen molar-refractivity contribution in [1.82, 2.24) is 5.32 Å². The number of hydrogen-bond acceptors (Lipinski definition) is 5. The molecular weight excluding hydrogens is 280 g/mol. The van der Waals surface area contributed by atoms with Crippen LogP contribution in [-0.2, 0) is 4.79 Å². The maximum atomic E-state index is 12.1. The molecule has 1 aromatic rings. The highest BCUT2D eigenvalue weighted by Crippen LogP contribution is 2.33. The second-order valence-corrected chi connectivity index (χ2v) is 4.77. The fourth-order valence-corrected chi connectivity index (χ4v) is 2.01. The number of ether oxygens (including phenoxy) is 1. The van der Waals surface area contributed by atoms with Crippen molar-refractivity contribution in [2.24, 2.45) is 5.92 Å². The molecule has 0 radical (unpaired) electrons. The monoisotopic (exact) mass is 294 g/mol. The molecule has 2 N–H and O–H groups in total. The average Bonchev–Trinajstić information content (AvgIpc) is 3.27. The van der Waals surface area contributed by atoms with Gasteiger partial charge in [-0.3, -0.25) is 14.9 Å². The van der Waals surface area contributed by atoms with Gasteiger partial charge in [-0.2, -0.15) is 0 Å². The van der Waals surface area contributed by atoms with Crippen molar-refractivity contribution >= 4 is 17.6 Å². The van der Waals surface area contributed by atoms with E-state index in [1.807, 2.05) is 0 Å². The molecule has 0 heterocycles. The lowest BCUT2D eigenvalue weighted by Gasteiger charge is -2.15. The van der Waals surface area contributed by atoms with Crippen LogP contribution < -0.4 is 10.1 Å². The van der Waals surface area contributed by atoms with E-state index < -0.39 is 22.8 Å². The number of carboxylic acid groups (broad SMARTS) is 1. The summed E-state index contributed by atoms with van der Waals surface area (Å²) in [5.74, 6) is -1.75. The fourth-order valence-electron chi connectivity index (χ4n) is 2.01. The minimum absolute atomic E-state index is 0.0293. The molecule has 0 aromatic heterocycles. The molecule has 1 fully saturated rings. The Morgan fingerprint density at radius 2 is 2.14 bits per heavy atom. The summed E-state index contributed by atoms with van der Waals surface area (Å²) in [4.78, 5) is 33.3. The van der Waals surface area contributed by atoms with Crippen molar-refractivity contribution in [2.45, 2.75) is 18.9 Å². The molecule has 1 aliphatic carbocycles. The summed E-state index contributed by atoms with van der Waals surface area (Å²) in [6.07, 6.45) is 1.52. The molecule has 21 heavy (non-hydrogen) atoms. The second kappa shape index (κ2) is 5.78. The van der Waals surface area contributed by atoms with Crippen molar-refractivity contribution < 1.29 is 24.4 Å². The lowest BCUT2D eigenvalue weighted by Crippen LogP contribution is -2.42. The fraction of sp³-hybridized carbons (Fsp3) is 0.385. The zero-order valence-corrected chi connectivity index (χ0v) is 11.2. The summed E-state index contributed by atoms with van der Waals surface area (Å²) < 4.78 is 4.96. The minimum atomic E-state index is -1.09. The summed E-state index contributed by atoms with van der Waals surface area (Å²) >= 11 is 0. The number of rotatable bonds is 6. The number of carbonyl (C=O) groups is 2. The van der Waals surface area contributed by atoms with E-state index in [9.17, 15) is 19.7 Å². The maximum absolute atomic E-state index is 12.1. The molecule has 1 unspecified atom stereocenters. The Kier molecular flexibility index (Phi) is 4.06. The lowest BCUT2D eigenvalue weighted by atomic mass is 10.1. The molecule has 1 aromatic carbocycles. The Hall–Kier alpha value is -2.64. The van der Waals surface area contributed by atoms with E-state index >= 15 is 0 Å². The first-order valence-electron chi connectivity index (χ1n) is 6.30. The Morgan fingerprint density at radius 3 is 2.62 bits per heavy atom. The first-order chi connectivity index (χ1) is 9.93. The van der Waals surface area contributed by atoms with Crippen LogP contribution in [0.15, 0.2) is 18.2 Å². The number of carbonyl (C=O) groups excluding carboxylic acids is 1. The first kappa shape index (κ1) is 14.8. The van der Waals surface area contributed by atoms with Gasteiger partial charge in [0.25, 0.3) is 11.6 Å². The van der Waals surface area contributed by atoms with Crippen LogP contribution in [0.2, 0.25) is 0 Å². The number of non-ortho nitro benzene ring substituents is 1. The van der Waals surface area contributed by atoms with Crippen LogP contribution in [-0.4, -0.2) is 35.1 Å². The van der Waals surface area contributed by atoms with Crippen molar-refractivity contribution in [3.63, 3.8) is 0 Å². The molecule has 0 bridgehead atoms. The number of hydrogen-bond donors (Lipinski definition) is 2. The van der Waals surface area contributed by atoms with E-state index in [2.05, 4.69) is 5.32 Å². The van der Waals surface area contributed by atoms with E-state index in [1.54, 1.807) is 0 Å². The first-order valence-corrected chi connectivity index (χ1v) is 6.30. The molecule has 112 valence electrons. The van der Waals surface area contributed by atoms with Crippen LogP contribution in [0.5, 0.6) is 5.75 Å². The molecule has 0 spiro atoms. The normalized spacial score (nSPS) is 15.1. The van der Waals surface area contributed by atoms with Gasteiger partial charge in [0.1, 0.15) is 11.8 Å². The van der Waals surface area contributed by atoms with Crippen LogP contribution in [0, 0.1) is 16.0 Å². The van der Waals surface area contributed by atoms with E-state index in [0.717, 1.165) is 18.9 Å². The Bertz CT molecular complexity index is 596. The molecule has 1 amide bonds. The number of aliphatic carboxylic acids is 1. The van der Waals surface area contributed by atoms with Gasteiger partial charge in [0, 0.05) is 6.07 Å². The van der Waals surface area contributed by atoms with Gasteiger partial charge < -0.3 is 15.2 Å². The van der Waals surface area contributed by atoms with Gasteiger partial charge >= 0.3 is 5.97 Å². The van der Waals surface area contributed by atoms with Crippen LogP contribution in [0.3, 0.4) is 0 Å². The van der Waals surface area contributed by atoms with E-state index in [0.29, 0.717) is 0 Å². The number of amides is 1. The van der Waals surface area contributed by atoms with Gasteiger partial charge in [0.15, 0.2) is 0 Å². The second-order valence-electron chi connectivity index (χ2n) is 4.77. The standard InChI is InChI=1S/C13H14N2O6/c1-21-10-6-8(15(19)20)4-5-9(10)12(16)14-11(13(17)18)7-2-3-7/h4-7,11H,2-3H2,1H3,(H,14,16)(H,17,18). The van der Waals surface area contributed by atoms with E-state index in [1.165, 1.54) is 19.2 Å². The Morgan fingerprint density at radius 1 is 1.48 bits per heavy atom. The number of nitrogens with zero attached hydrogens (tertiary/aromatic N) is 1. The van der Waals surface area contributed by atoms with Gasteiger partial charge in [-0.05, 0) is 24.8 Å². The zero-order valence-electron chi connectivity index (χ0n) is 11.2. The van der Waals surface area contributed by atoms with Crippen molar-refractivity contribution in [3.05, 3.63) is 33.9 Å². The van der Waals surface area contributed by atoms with E-state index in [-0.39, 0.29) is 22.9 Å². The Labute approximate surface area is 119 Å². The topological polar surface area (TPSA) is 119 Å². The third kappa shape index (κ3) is 3.28. The molecule has 0 aliphatic heterocycles. The highest BCUT2D eigenvalue weighted by molar-refractivity contribution is 5.99. The predicted octanol–water partition coefficient (Wildman–Crippen LogP) is 1.20. The number of nitrogens with one attached hydrogen (secondary N) is 1. The molecule has 8 heteroatoms. The Balaban J connectivity index is 2.22. The zero-order chi connectivity index (χ0) is 15.6. The summed E-state index contributed by atoms with van der Waals surface area (Å²) in [5, 5.41) is 22.2. The van der Waals surface area contributed by atoms with Crippen LogP contribution >= 0.6 is 0 Å². The third-order valence-corrected chi connectivity index (χ3v) is 3.29. The molecule has 8 nitrogen and oxygen atoms in total. The number of nitro benzene ring substituents is 1. The summed E-state index contributed by atoms with van der Waals surface area (Å²) in [5.41, 5.74) is -0.143. The third-order valence-electron chi connectivity index (χ3n) is 3.29. The highest BCUT2D eigenvalue weighted by Gasteiger charge is 2.37. The van der Waals surface area contributed by atoms with Gasteiger partial charge in [0.05, 0.1) is 23.7 Å². The smallest absolute Gasteiger partial charge is 0.326 e. The molecule has 2 rings (SSSR count). The van der Waals surface area contributed by atoms with Gasteiger partial charge in [0.2, 0.25) is 0 Å². The summed E-state index contributed by atoms with van der Waals surface area (Å²) in [7, 11) is 1.28. The number of carboxylic acids is 1. The average molecular weight is 294 g/mol. The lowest BCUT2D eigenvalue weighted by molar-refractivity contribution is -0.384. The molecule has 1 atom stereocenters. The van der Waals surface area contributed by atoms with Gasteiger partial charge in [-0.1, -0.05) is 0 Å². The van der Waals surface area contributed by atoms with Crippen LogP contribution in [0.25, 0.3) is 0 Å². The van der Waals surface area contributed by atoms with Gasteiger partial charge in [-0.25, -0.2) is 4.79 Å². The predicted molar refractivity (Wildman–Crippen MR) is 71.3 cm³/mol. The summed E-state index contributed by atoms with van der Waals surface area (Å²) in [6.45, 7) is 0. The highest BCUT2D eigenvalue weighted by atomic mass is 16.6. The van der Waals surface area contributed by atoms with Crippen LogP contribution in [0.4, 0.5) is 5.69 Å². The molecule has 0 saturated heterocycles. The van der Waals surface area contributed by atoms with Crippen molar-refractivity contribution in [1.29, 1.82) is 0 Å². The SMILES string of the molecule is COc1cc([N+](=O)[O-])ccc1C(=O)NC(C(=O)O)C1CC1. The summed E-state index contributed by atoms with van der Waals surface area (Å²) in [6, 6.07) is 2.60. The van der Waals surface area contributed by atoms with Gasteiger partial charge in [-0.15, -0.1) is 0 Å². The number of benzene rings is 1. The van der Waals surface area contributed by atoms with E-state index in [4.69, 9.17) is 9.84 Å². The maximum Gasteiger partial charge on any atom is 0.326 e. The molecular formula is C13H14N2O6. The largest absolute Gasteiger partial charge is 0.496 e. The van der Waals surface area contributed by atoms with Crippen molar-refractivity contribution in [3.8, 4) is 5.75 Å².